The molecule has 0 bridgehead atoms. The van der Waals surface area contributed by atoms with Crippen LogP contribution in [0.5, 0.6) is 23.0 Å². The van der Waals surface area contributed by atoms with E-state index in [-0.39, 0.29) is 30.1 Å². The Hall–Kier alpha value is -3.71. The fraction of sp³-hybridized carbons (Fsp3) is 0.441. The van der Waals surface area contributed by atoms with Gasteiger partial charge in [-0.15, -0.1) is 0 Å². The molecule has 1 heterocycles. The summed E-state index contributed by atoms with van der Waals surface area (Å²) >= 11 is 0. The van der Waals surface area contributed by atoms with E-state index in [1.807, 2.05) is 19.9 Å². The number of carbonyl (C=O) groups is 1. The molecule has 3 atom stereocenters. The van der Waals surface area contributed by atoms with Crippen LogP contribution in [0, 0.1) is 0 Å². The number of aryl methyl sites for hydroxylation is 1. The second-order valence-corrected chi connectivity index (χ2v) is 11.3. The summed E-state index contributed by atoms with van der Waals surface area (Å²) in [5, 5.41) is 3.30. The van der Waals surface area contributed by atoms with Crippen LogP contribution in [0.1, 0.15) is 67.1 Å². The maximum Gasteiger partial charge on any atom is 0.217 e. The fourth-order valence-electron chi connectivity index (χ4n) is 6.57. The number of methoxy groups -OCH3 is 3. The van der Waals surface area contributed by atoms with Gasteiger partial charge in [0.1, 0.15) is 0 Å². The molecule has 1 aliphatic heterocycles. The number of ether oxygens (including phenoxy) is 4. The van der Waals surface area contributed by atoms with Crippen molar-refractivity contribution in [1.29, 1.82) is 0 Å². The van der Waals surface area contributed by atoms with Crippen molar-refractivity contribution < 1.29 is 23.7 Å². The van der Waals surface area contributed by atoms with E-state index >= 15 is 0 Å². The third-order valence-electron chi connectivity index (χ3n) is 8.28. The Kier molecular flexibility index (Phi) is 8.74. The highest BCUT2D eigenvalue weighted by Gasteiger charge is 2.41. The summed E-state index contributed by atoms with van der Waals surface area (Å²) in [5.41, 5.74) is 6.17. The van der Waals surface area contributed by atoms with Crippen LogP contribution in [0.3, 0.4) is 0 Å². The number of benzene rings is 3. The van der Waals surface area contributed by atoms with Crippen molar-refractivity contribution in [1.82, 2.24) is 10.2 Å². The van der Waals surface area contributed by atoms with E-state index in [1.165, 1.54) is 22.3 Å². The molecule has 0 aromatic heterocycles. The average molecular weight is 559 g/mol. The van der Waals surface area contributed by atoms with Crippen LogP contribution < -0.4 is 24.3 Å². The topological polar surface area (TPSA) is 69.3 Å². The van der Waals surface area contributed by atoms with Gasteiger partial charge in [0.25, 0.3) is 0 Å². The Morgan fingerprint density at radius 1 is 0.902 bits per heavy atom. The van der Waals surface area contributed by atoms with Crippen LogP contribution in [0.4, 0.5) is 0 Å². The van der Waals surface area contributed by atoms with Gasteiger partial charge in [-0.2, -0.15) is 0 Å². The van der Waals surface area contributed by atoms with Crippen molar-refractivity contribution in [2.75, 3.05) is 27.9 Å². The second-order valence-electron chi connectivity index (χ2n) is 11.3. The van der Waals surface area contributed by atoms with Crippen LogP contribution in [0.25, 0.3) is 0 Å². The van der Waals surface area contributed by atoms with Gasteiger partial charge in [-0.3, -0.25) is 9.69 Å². The second kappa shape index (κ2) is 12.4. The van der Waals surface area contributed by atoms with Gasteiger partial charge in [0.15, 0.2) is 23.0 Å². The Morgan fingerprint density at radius 2 is 1.63 bits per heavy atom. The lowest BCUT2D eigenvalue weighted by Gasteiger charge is -2.39. The van der Waals surface area contributed by atoms with Crippen LogP contribution >= 0.6 is 0 Å². The summed E-state index contributed by atoms with van der Waals surface area (Å²) in [4.78, 5) is 15.1. The number of carbonyl (C=O) groups excluding carboxylic acids is 1. The van der Waals surface area contributed by atoms with E-state index in [1.54, 1.807) is 28.3 Å². The highest BCUT2D eigenvalue weighted by Crippen LogP contribution is 2.44. The largest absolute Gasteiger partial charge is 0.493 e. The van der Waals surface area contributed by atoms with Gasteiger partial charge in [-0.1, -0.05) is 30.3 Å². The minimum absolute atomic E-state index is 0.0132. The number of rotatable bonds is 9. The lowest BCUT2D eigenvalue weighted by Crippen LogP contribution is -2.46. The zero-order valence-corrected chi connectivity index (χ0v) is 25.0. The maximum absolute atomic E-state index is 12.4. The lowest BCUT2D eigenvalue weighted by atomic mass is 9.91. The molecule has 3 aromatic rings. The molecule has 1 N–H and O–H groups in total. The van der Waals surface area contributed by atoms with E-state index in [0.717, 1.165) is 49.3 Å². The molecule has 3 unspecified atom stereocenters. The molecule has 5 rings (SSSR count). The first-order valence-corrected chi connectivity index (χ1v) is 14.5. The summed E-state index contributed by atoms with van der Waals surface area (Å²) in [6.07, 6.45) is 3.60. The van der Waals surface area contributed by atoms with E-state index in [2.05, 4.69) is 58.7 Å². The SMILES string of the molecule is COc1ccc(CC2c3cc(OC(C)C)c(OC)cc3CCCN2C2Cc3ccccc3C2NC(C)=O)cc1OC. The van der Waals surface area contributed by atoms with Gasteiger partial charge in [0.05, 0.1) is 33.5 Å². The molecule has 0 saturated carbocycles. The lowest BCUT2D eigenvalue weighted by molar-refractivity contribution is -0.120. The maximum atomic E-state index is 12.4. The summed E-state index contributed by atoms with van der Waals surface area (Å²) in [5.74, 6) is 2.94. The molecule has 7 heteroatoms. The zero-order chi connectivity index (χ0) is 29.1. The van der Waals surface area contributed by atoms with Crippen LogP contribution in [0.15, 0.2) is 54.6 Å². The van der Waals surface area contributed by atoms with Crippen molar-refractivity contribution in [2.24, 2.45) is 0 Å². The highest BCUT2D eigenvalue weighted by atomic mass is 16.5. The van der Waals surface area contributed by atoms with E-state index in [0.29, 0.717) is 11.5 Å². The van der Waals surface area contributed by atoms with Crippen molar-refractivity contribution >= 4 is 5.91 Å². The van der Waals surface area contributed by atoms with Crippen LogP contribution in [-0.4, -0.2) is 50.8 Å². The molecule has 1 aliphatic carbocycles. The minimum Gasteiger partial charge on any atom is -0.493 e. The molecule has 0 fully saturated rings. The summed E-state index contributed by atoms with van der Waals surface area (Å²) in [6.45, 7) is 6.58. The number of fused-ring (bicyclic) bond motifs is 2. The first-order chi connectivity index (χ1) is 19.8. The normalized spacial score (nSPS) is 20.1. The monoisotopic (exact) mass is 558 g/mol. The van der Waals surface area contributed by atoms with Gasteiger partial charge < -0.3 is 24.3 Å². The Bertz CT molecular complexity index is 1390. The molecule has 0 saturated heterocycles. The molecular weight excluding hydrogens is 516 g/mol. The molecular formula is C34H42N2O5. The number of nitrogens with one attached hydrogen (secondary N) is 1. The summed E-state index contributed by atoms with van der Waals surface area (Å²) in [6, 6.07) is 19.1. The molecule has 3 aromatic carbocycles. The zero-order valence-electron chi connectivity index (χ0n) is 25.0. The smallest absolute Gasteiger partial charge is 0.217 e. The molecule has 218 valence electrons. The van der Waals surface area contributed by atoms with E-state index in [4.69, 9.17) is 18.9 Å². The first kappa shape index (κ1) is 28.8. The van der Waals surface area contributed by atoms with E-state index in [9.17, 15) is 4.79 Å². The third kappa shape index (κ3) is 6.01. The molecule has 41 heavy (non-hydrogen) atoms. The predicted octanol–water partition coefficient (Wildman–Crippen LogP) is 5.83. The predicted molar refractivity (Wildman–Crippen MR) is 160 cm³/mol. The highest BCUT2D eigenvalue weighted by molar-refractivity contribution is 5.74. The molecule has 1 amide bonds. The summed E-state index contributed by atoms with van der Waals surface area (Å²) in [7, 11) is 5.03. The summed E-state index contributed by atoms with van der Waals surface area (Å²) < 4.78 is 23.2. The van der Waals surface area contributed by atoms with Gasteiger partial charge in [0.2, 0.25) is 5.91 Å². The van der Waals surface area contributed by atoms with Gasteiger partial charge in [-0.05, 0) is 98.2 Å². The Labute approximate surface area is 243 Å². The van der Waals surface area contributed by atoms with Crippen LogP contribution in [-0.2, 0) is 24.1 Å². The number of hydrogen-bond acceptors (Lipinski definition) is 6. The fourth-order valence-corrected chi connectivity index (χ4v) is 6.57. The van der Waals surface area contributed by atoms with Crippen LogP contribution in [0.2, 0.25) is 0 Å². The number of amides is 1. The molecule has 0 spiro atoms. The molecule has 7 nitrogen and oxygen atoms in total. The van der Waals surface area contributed by atoms with Gasteiger partial charge in [0, 0.05) is 19.0 Å². The Balaban J connectivity index is 1.63. The third-order valence-corrected chi connectivity index (χ3v) is 8.28. The first-order valence-electron chi connectivity index (χ1n) is 14.5. The molecule has 2 aliphatic rings. The molecule has 0 radical (unpaired) electrons. The Morgan fingerprint density at radius 3 is 2.34 bits per heavy atom. The average Bonchev–Trinajstić information content (AvgIpc) is 3.22. The quantitative estimate of drug-likeness (QED) is 0.356. The minimum atomic E-state index is -0.0808. The standard InChI is InChI=1S/C34H42N2O5/c1-21(2)41-33-20-27-25(19-32(33)40-6)11-9-15-36(28(27)16-23-13-14-30(38-4)31(17-23)39-5)29-18-24-10-7-8-12-26(24)34(29)35-22(3)37/h7-8,10,12-14,17,19-21,28-29,34H,9,11,15-16,18H2,1-6H3,(H,35,37). The van der Waals surface area contributed by atoms with E-state index < -0.39 is 0 Å². The van der Waals surface area contributed by atoms with Gasteiger partial charge in [-0.25, -0.2) is 0 Å². The van der Waals surface area contributed by atoms with Crippen molar-refractivity contribution in [3.05, 3.63) is 82.4 Å². The van der Waals surface area contributed by atoms with Crippen molar-refractivity contribution in [3.63, 3.8) is 0 Å². The van der Waals surface area contributed by atoms with Crippen molar-refractivity contribution in [2.45, 2.75) is 70.7 Å². The number of nitrogens with zero attached hydrogens (tertiary/aromatic N) is 1. The number of hydrogen-bond donors (Lipinski definition) is 1. The van der Waals surface area contributed by atoms with Gasteiger partial charge >= 0.3 is 0 Å². The van der Waals surface area contributed by atoms with Crippen molar-refractivity contribution in [3.8, 4) is 23.0 Å².